The van der Waals surface area contributed by atoms with E-state index in [2.05, 4.69) is 73.3 Å². The van der Waals surface area contributed by atoms with Crippen molar-refractivity contribution in [3.8, 4) is 17.6 Å². The summed E-state index contributed by atoms with van der Waals surface area (Å²) < 4.78 is 30.6. The molecule has 0 saturated heterocycles. The van der Waals surface area contributed by atoms with Crippen molar-refractivity contribution in [2.24, 2.45) is 17.3 Å². The summed E-state index contributed by atoms with van der Waals surface area (Å²) in [7, 11) is 1.48. The van der Waals surface area contributed by atoms with Gasteiger partial charge in [-0.15, -0.1) is 0 Å². The van der Waals surface area contributed by atoms with Gasteiger partial charge in [-0.25, -0.2) is 0 Å². The molecule has 1 aromatic carbocycles. The molecule has 5 atom stereocenters. The van der Waals surface area contributed by atoms with Crippen molar-refractivity contribution in [2.45, 2.75) is 137 Å². The van der Waals surface area contributed by atoms with E-state index in [-0.39, 0.29) is 36.8 Å². The van der Waals surface area contributed by atoms with Gasteiger partial charge in [-0.05, 0) is 99.7 Å². The molecule has 1 aliphatic carbocycles. The molecule has 1 saturated carbocycles. The zero-order valence-electron chi connectivity index (χ0n) is 30.5. The van der Waals surface area contributed by atoms with E-state index in [1.54, 1.807) is 7.11 Å². The molecule has 0 N–H and O–H groups in total. The Labute approximate surface area is 276 Å². The highest BCUT2D eigenvalue weighted by atomic mass is 28.4. The Kier molecular flexibility index (Phi) is 15.4. The third-order valence-corrected chi connectivity index (χ3v) is 15.5. The van der Waals surface area contributed by atoms with E-state index in [9.17, 15) is 4.79 Å². The third-order valence-electron chi connectivity index (χ3n) is 9.34. The standard InChI is InChI=1S/C38H62O6Si/c1-26(2)45(27(3)4,28(5)6)44-34-21-18-32(24-35(34)41-13)23-30(8)36(43-25-31-16-19-33(40-12)20-17-31)29(7)15-14-22-42-37(39)38(9,10)11/h16-17,19-20,23,26-29,32,34-36H,18,21-22,24-25H2,1-13H3/b30-23+/t29-,32+,34-,35-,36-/m1/s1. The largest absolute Gasteiger partial charge is 0.497 e. The minimum atomic E-state index is -2.01. The maximum absolute atomic E-state index is 12.2. The second kappa shape index (κ2) is 17.7. The molecule has 0 heterocycles. The van der Waals surface area contributed by atoms with E-state index < -0.39 is 13.7 Å². The second-order valence-corrected chi connectivity index (χ2v) is 20.2. The zero-order valence-corrected chi connectivity index (χ0v) is 31.5. The van der Waals surface area contributed by atoms with Crippen LogP contribution in [0.5, 0.6) is 5.75 Å². The smallest absolute Gasteiger partial charge is 0.312 e. The second-order valence-electron chi connectivity index (χ2n) is 14.7. The van der Waals surface area contributed by atoms with Crippen molar-refractivity contribution in [3.05, 3.63) is 41.5 Å². The molecule has 2 rings (SSSR count). The molecular weight excluding hydrogens is 580 g/mol. The molecule has 1 aromatic rings. The number of hydrogen-bond donors (Lipinski definition) is 0. The molecule has 1 fully saturated rings. The van der Waals surface area contributed by atoms with E-state index >= 15 is 0 Å². The number of benzene rings is 1. The number of esters is 1. The summed E-state index contributed by atoms with van der Waals surface area (Å²) in [4.78, 5) is 12.2. The van der Waals surface area contributed by atoms with Crippen molar-refractivity contribution in [3.63, 3.8) is 0 Å². The Hall–Kier alpha value is -2.11. The maximum atomic E-state index is 12.2. The number of rotatable bonds is 14. The fraction of sp³-hybridized carbons (Fsp3) is 0.711. The summed E-state index contributed by atoms with van der Waals surface area (Å²) in [6.07, 6.45) is 5.30. The first-order chi connectivity index (χ1) is 21.1. The highest BCUT2D eigenvalue weighted by molar-refractivity contribution is 6.77. The minimum Gasteiger partial charge on any atom is -0.497 e. The van der Waals surface area contributed by atoms with Gasteiger partial charge in [0.05, 0.1) is 37.4 Å². The first-order valence-corrected chi connectivity index (χ1v) is 19.0. The van der Waals surface area contributed by atoms with Crippen molar-refractivity contribution in [2.75, 3.05) is 20.8 Å². The van der Waals surface area contributed by atoms with Crippen LogP contribution in [0.3, 0.4) is 0 Å². The van der Waals surface area contributed by atoms with Gasteiger partial charge >= 0.3 is 5.97 Å². The number of carbonyl (C=O) groups is 1. The molecule has 0 spiro atoms. The highest BCUT2D eigenvalue weighted by Crippen LogP contribution is 2.45. The number of carbonyl (C=O) groups excluding carboxylic acids is 1. The van der Waals surface area contributed by atoms with Crippen LogP contribution in [0.25, 0.3) is 0 Å². The van der Waals surface area contributed by atoms with Crippen LogP contribution in [-0.4, -0.2) is 53.4 Å². The quantitative estimate of drug-likeness (QED) is 0.0873. The van der Waals surface area contributed by atoms with Crippen LogP contribution in [0, 0.1) is 29.1 Å². The summed E-state index contributed by atoms with van der Waals surface area (Å²) in [6, 6.07) is 7.95. The molecular formula is C38H62O6Si. The molecule has 6 nitrogen and oxygen atoms in total. The van der Waals surface area contributed by atoms with E-state index in [1.807, 2.05) is 52.1 Å². The molecule has 45 heavy (non-hydrogen) atoms. The molecule has 0 radical (unpaired) electrons. The number of ether oxygens (including phenoxy) is 4. The summed E-state index contributed by atoms with van der Waals surface area (Å²) in [6.45, 7) is 24.3. The number of methoxy groups -OCH3 is 2. The van der Waals surface area contributed by atoms with Crippen molar-refractivity contribution >= 4 is 14.3 Å². The van der Waals surface area contributed by atoms with Crippen LogP contribution in [0.4, 0.5) is 0 Å². The summed E-state index contributed by atoms with van der Waals surface area (Å²) in [5.41, 5.74) is 3.29. The third kappa shape index (κ3) is 11.0. The minimum absolute atomic E-state index is 0.0595. The lowest BCUT2D eigenvalue weighted by atomic mass is 9.83. The Morgan fingerprint density at radius 2 is 1.56 bits per heavy atom. The van der Waals surface area contributed by atoms with E-state index in [1.165, 1.54) is 0 Å². The Balaban J connectivity index is 2.23. The van der Waals surface area contributed by atoms with E-state index in [0.717, 1.165) is 36.1 Å². The Morgan fingerprint density at radius 1 is 0.956 bits per heavy atom. The average molecular weight is 643 g/mol. The lowest BCUT2D eigenvalue weighted by Gasteiger charge is -2.47. The van der Waals surface area contributed by atoms with Gasteiger partial charge in [-0.3, -0.25) is 4.79 Å². The van der Waals surface area contributed by atoms with Crippen LogP contribution in [-0.2, 0) is 30.0 Å². The van der Waals surface area contributed by atoms with Gasteiger partial charge in [-0.1, -0.05) is 71.6 Å². The number of allylic oxidation sites excluding steroid dienone is 1. The fourth-order valence-corrected chi connectivity index (χ4v) is 12.6. The predicted octanol–water partition coefficient (Wildman–Crippen LogP) is 9.13. The topological polar surface area (TPSA) is 63.2 Å². The van der Waals surface area contributed by atoms with E-state index in [4.69, 9.17) is 23.4 Å². The summed E-state index contributed by atoms with van der Waals surface area (Å²) in [5, 5.41) is 0. The van der Waals surface area contributed by atoms with Crippen LogP contribution in [0.2, 0.25) is 16.6 Å². The van der Waals surface area contributed by atoms with Crippen molar-refractivity contribution < 1.29 is 28.2 Å². The predicted molar refractivity (Wildman–Crippen MR) is 187 cm³/mol. The zero-order chi connectivity index (χ0) is 33.9. The van der Waals surface area contributed by atoms with Gasteiger partial charge in [0.2, 0.25) is 8.32 Å². The molecule has 0 unspecified atom stereocenters. The SMILES string of the molecule is COc1ccc(CO[C@@H](/C(C)=C/[C@@H]2CC[C@@H](O[Si](C(C)C)(C(C)C)C(C)C)[C@H](OC)C2)[C@H](C)C#CCOC(=O)C(C)(C)C)cc1. The molecule has 0 aliphatic heterocycles. The molecule has 254 valence electrons. The van der Waals surface area contributed by atoms with Gasteiger partial charge < -0.3 is 23.4 Å². The van der Waals surface area contributed by atoms with Gasteiger partial charge in [0.1, 0.15) is 5.75 Å². The van der Waals surface area contributed by atoms with Crippen molar-refractivity contribution in [1.29, 1.82) is 0 Å². The van der Waals surface area contributed by atoms with Gasteiger partial charge in [0, 0.05) is 13.0 Å². The molecule has 0 aromatic heterocycles. The van der Waals surface area contributed by atoms with Crippen LogP contribution in [0.15, 0.2) is 35.9 Å². The summed E-state index contributed by atoms with van der Waals surface area (Å²) in [5.74, 6) is 7.19. The van der Waals surface area contributed by atoms with Gasteiger partial charge in [-0.2, -0.15) is 0 Å². The van der Waals surface area contributed by atoms with Crippen LogP contribution in [0.1, 0.15) is 101 Å². The van der Waals surface area contributed by atoms with Crippen LogP contribution >= 0.6 is 0 Å². The first kappa shape index (κ1) is 39.1. The maximum Gasteiger partial charge on any atom is 0.312 e. The van der Waals surface area contributed by atoms with Crippen molar-refractivity contribution in [1.82, 2.24) is 0 Å². The molecule has 0 bridgehead atoms. The van der Waals surface area contributed by atoms with Crippen LogP contribution < -0.4 is 4.74 Å². The monoisotopic (exact) mass is 642 g/mol. The fourth-order valence-electron chi connectivity index (χ4n) is 6.98. The Morgan fingerprint density at radius 3 is 2.07 bits per heavy atom. The average Bonchev–Trinajstić information content (AvgIpc) is 2.97. The molecule has 0 amide bonds. The number of hydrogen-bond acceptors (Lipinski definition) is 6. The first-order valence-electron chi connectivity index (χ1n) is 16.9. The lowest BCUT2D eigenvalue weighted by Crippen LogP contribution is -2.53. The van der Waals surface area contributed by atoms with Gasteiger partial charge in [0.25, 0.3) is 0 Å². The Bertz CT molecular complexity index is 1120. The normalized spacial score (nSPS) is 21.0. The summed E-state index contributed by atoms with van der Waals surface area (Å²) >= 11 is 0. The lowest BCUT2D eigenvalue weighted by molar-refractivity contribution is -0.151. The molecule has 7 heteroatoms. The van der Waals surface area contributed by atoms with E-state index in [0.29, 0.717) is 29.1 Å². The van der Waals surface area contributed by atoms with Gasteiger partial charge in [0.15, 0.2) is 6.61 Å². The molecule has 1 aliphatic rings. The highest BCUT2D eigenvalue weighted by Gasteiger charge is 2.48.